The second-order valence-electron chi connectivity index (χ2n) is 17.7. The number of aryl methyl sites for hydroxylation is 2. The molecule has 0 fully saturated rings. The van der Waals surface area contributed by atoms with Gasteiger partial charge in [-0.2, -0.15) is 0 Å². The molecule has 0 aromatic heterocycles. The Morgan fingerprint density at radius 3 is 1.60 bits per heavy atom. The molecule has 0 heterocycles. The third-order valence-electron chi connectivity index (χ3n) is 10.7. The Morgan fingerprint density at radius 2 is 1.14 bits per heavy atom. The Labute approximate surface area is 323 Å². The van der Waals surface area contributed by atoms with Gasteiger partial charge in [0.05, 0.1) is 0 Å². The topological polar surface area (TPSA) is 0 Å². The summed E-state index contributed by atoms with van der Waals surface area (Å²) in [6.07, 6.45) is 3.64. The molecule has 0 amide bonds. The minimum atomic E-state index is -3.00. The third-order valence-corrected chi connectivity index (χ3v) is 19.3. The van der Waals surface area contributed by atoms with E-state index in [-0.39, 0.29) is 41.1 Å². The number of benzene rings is 4. The van der Waals surface area contributed by atoms with E-state index in [0.29, 0.717) is 5.92 Å². The van der Waals surface area contributed by atoms with Crippen LogP contribution in [0.2, 0.25) is 0 Å². The summed E-state index contributed by atoms with van der Waals surface area (Å²) < 4.78 is 5.09. The molecular formula is C47H56Cl2Zr. The molecule has 2 aliphatic carbocycles. The molecular weight excluding hydrogens is 727 g/mol. The summed E-state index contributed by atoms with van der Waals surface area (Å²) in [6.45, 7) is 30.9. The van der Waals surface area contributed by atoms with Crippen LogP contribution in [0.5, 0.6) is 0 Å². The number of fused-ring (bicyclic) bond motifs is 3. The molecule has 0 bridgehead atoms. The molecule has 2 aliphatic rings. The van der Waals surface area contributed by atoms with E-state index in [1.807, 2.05) is 0 Å². The van der Waals surface area contributed by atoms with Gasteiger partial charge in [-0.15, -0.1) is 0 Å². The Hall–Kier alpha value is -2.31. The van der Waals surface area contributed by atoms with Crippen LogP contribution >= 0.6 is 0 Å². The van der Waals surface area contributed by atoms with Gasteiger partial charge in [0, 0.05) is 0 Å². The van der Waals surface area contributed by atoms with E-state index in [4.69, 9.17) is 0 Å². The van der Waals surface area contributed by atoms with Crippen LogP contribution in [0.25, 0.3) is 11.1 Å². The van der Waals surface area contributed by atoms with E-state index in [2.05, 4.69) is 175 Å². The van der Waals surface area contributed by atoms with Crippen molar-refractivity contribution in [2.45, 2.75) is 107 Å². The van der Waals surface area contributed by atoms with Gasteiger partial charge in [0.1, 0.15) is 0 Å². The minimum Gasteiger partial charge on any atom is -1.00 e. The summed E-state index contributed by atoms with van der Waals surface area (Å²) in [4.78, 5) is 0. The van der Waals surface area contributed by atoms with Crippen molar-refractivity contribution in [1.29, 1.82) is 0 Å². The smallest absolute Gasteiger partial charge is 1.00 e. The minimum absolute atomic E-state index is 0. The first-order valence-corrected chi connectivity index (χ1v) is 21.7. The van der Waals surface area contributed by atoms with E-state index >= 15 is 0 Å². The molecule has 0 nitrogen and oxygen atoms in total. The van der Waals surface area contributed by atoms with Crippen molar-refractivity contribution in [1.82, 2.24) is 0 Å². The molecule has 50 heavy (non-hydrogen) atoms. The number of hydrogen-bond acceptors (Lipinski definition) is 0. The fourth-order valence-corrected chi connectivity index (χ4v) is 17.9. The van der Waals surface area contributed by atoms with E-state index in [1.165, 1.54) is 44.5 Å². The van der Waals surface area contributed by atoms with E-state index < -0.39 is 21.3 Å². The van der Waals surface area contributed by atoms with Crippen molar-refractivity contribution in [2.24, 2.45) is 11.3 Å². The summed E-state index contributed by atoms with van der Waals surface area (Å²) in [5.41, 5.74) is 17.8. The van der Waals surface area contributed by atoms with Crippen LogP contribution in [-0.2, 0) is 38.5 Å². The van der Waals surface area contributed by atoms with Gasteiger partial charge in [0.25, 0.3) is 0 Å². The summed E-state index contributed by atoms with van der Waals surface area (Å²) in [5.74, 6) is 0.416. The molecule has 4 aromatic rings. The maximum Gasteiger partial charge on any atom is -1.00 e. The maximum absolute atomic E-state index is 3.00. The Morgan fingerprint density at radius 1 is 0.620 bits per heavy atom. The first kappa shape index (κ1) is 40.5. The van der Waals surface area contributed by atoms with Gasteiger partial charge in [-0.1, -0.05) is 0 Å². The summed E-state index contributed by atoms with van der Waals surface area (Å²) in [7, 11) is 0. The number of allylic oxidation sites excluding steroid dienone is 4. The molecule has 6 rings (SSSR count). The molecule has 4 aromatic carbocycles. The van der Waals surface area contributed by atoms with Crippen molar-refractivity contribution >= 4 is 6.48 Å². The molecule has 0 N–H and O–H groups in total. The Kier molecular flexibility index (Phi) is 11.8. The van der Waals surface area contributed by atoms with Gasteiger partial charge in [-0.3, -0.25) is 0 Å². The van der Waals surface area contributed by atoms with Crippen molar-refractivity contribution in [3.63, 3.8) is 0 Å². The van der Waals surface area contributed by atoms with Crippen LogP contribution in [0.4, 0.5) is 0 Å². The zero-order valence-electron chi connectivity index (χ0n) is 32.6. The first-order chi connectivity index (χ1) is 22.4. The van der Waals surface area contributed by atoms with Gasteiger partial charge >= 0.3 is 301 Å². The zero-order chi connectivity index (χ0) is 34.9. The van der Waals surface area contributed by atoms with E-state index in [1.54, 1.807) is 32.0 Å². The summed E-state index contributed by atoms with van der Waals surface area (Å²) >= 11 is -3.00. The van der Waals surface area contributed by atoms with Crippen LogP contribution in [0.1, 0.15) is 121 Å². The van der Waals surface area contributed by atoms with Crippen LogP contribution in [0.15, 0.2) is 99.4 Å². The summed E-state index contributed by atoms with van der Waals surface area (Å²) in [5, 5.41) is 0. The van der Waals surface area contributed by atoms with Gasteiger partial charge < -0.3 is 24.8 Å². The van der Waals surface area contributed by atoms with Crippen LogP contribution < -0.4 is 28.1 Å². The molecule has 0 radical (unpaired) electrons. The second-order valence-corrected chi connectivity index (χ2v) is 23.3. The normalized spacial score (nSPS) is 15.4. The van der Waals surface area contributed by atoms with Crippen molar-refractivity contribution in [3.8, 4) is 11.1 Å². The van der Waals surface area contributed by atoms with Gasteiger partial charge in [0.15, 0.2) is 0 Å². The molecule has 1 atom stereocenters. The fraction of sp³-hybridized carbons (Fsp3) is 0.383. The molecule has 262 valence electrons. The second kappa shape index (κ2) is 14.6. The maximum atomic E-state index is 2.62. The fourth-order valence-electron chi connectivity index (χ4n) is 8.12. The summed E-state index contributed by atoms with van der Waals surface area (Å²) in [6, 6.07) is 31.3. The Bertz CT molecular complexity index is 1950. The van der Waals surface area contributed by atoms with Crippen LogP contribution in [-0.4, -0.2) is 3.21 Å². The van der Waals surface area contributed by atoms with Crippen LogP contribution in [0.3, 0.4) is 0 Å². The molecule has 0 saturated carbocycles. The van der Waals surface area contributed by atoms with Crippen molar-refractivity contribution < 1.29 is 46.1 Å². The van der Waals surface area contributed by atoms with Crippen LogP contribution in [0, 0.1) is 25.2 Å². The monoisotopic (exact) mass is 780 g/mol. The van der Waals surface area contributed by atoms with E-state index in [9.17, 15) is 0 Å². The van der Waals surface area contributed by atoms with E-state index in [0.717, 1.165) is 6.42 Å². The quantitative estimate of drug-likeness (QED) is 0.214. The number of hydrogen-bond donors (Lipinski definition) is 0. The molecule has 3 heteroatoms. The number of halogens is 2. The van der Waals surface area contributed by atoms with Crippen molar-refractivity contribution in [2.75, 3.05) is 0 Å². The molecule has 0 saturated heterocycles. The SMILES string of the molecule is CC1=[C]([Zr+2](=[C](c2ccc(C)cc2)c2ccc(C)cc2)[c]2c(C(C)(C)C)ccc3c2Cc2cc(C(C)(C)C)ccc2-3)C(C)C=C1C(C)(C)C.[Cl-].[Cl-]. The first-order valence-electron chi connectivity index (χ1n) is 18.0. The average Bonchev–Trinajstić information content (AvgIpc) is 3.52. The third kappa shape index (κ3) is 7.59. The number of rotatable bonds is 4. The standard InChI is InChI=1S/C21H25.C15H14.C11H17.2ClH.Zr/c1-20(2,3)16-7-9-18-14(12-16)11-15-13-17(21(4,5)6)8-10-19(15)18;1-12-3-7-14(8-4-12)11-15-9-5-13(2)6-10-15;1-8-6-9(2)10(7-8)11(3,4)5;;;/h7-10,12H,11H2,1-6H3;3-10H,1-2H3;7-8H,1-5H3;2*1H;/q;;;;;+2/p-2. The van der Waals surface area contributed by atoms with Gasteiger partial charge in [-0.25, -0.2) is 0 Å². The molecule has 0 spiro atoms. The van der Waals surface area contributed by atoms with Gasteiger partial charge in [-0.05, 0) is 0 Å². The predicted molar refractivity (Wildman–Crippen MR) is 207 cm³/mol. The molecule has 1 unspecified atom stereocenters. The average molecular weight is 783 g/mol. The predicted octanol–water partition coefficient (Wildman–Crippen LogP) is 5.89. The van der Waals surface area contributed by atoms with Crippen molar-refractivity contribution in [3.05, 3.63) is 144 Å². The van der Waals surface area contributed by atoms with Gasteiger partial charge in [0.2, 0.25) is 0 Å². The zero-order valence-corrected chi connectivity index (χ0v) is 36.6. The Balaban J connectivity index is 0.00000281. The molecule has 0 aliphatic heterocycles. The largest absolute Gasteiger partial charge is 1.00 e.